The number of carbonyl (C=O) groups excluding carboxylic acids is 1. The molecule has 0 spiro atoms. The van der Waals surface area contributed by atoms with Crippen molar-refractivity contribution < 1.29 is 18.3 Å². The molecule has 0 saturated carbocycles. The van der Waals surface area contributed by atoms with Gasteiger partial charge < -0.3 is 4.74 Å². The first-order valence-electron chi connectivity index (χ1n) is 7.95. The lowest BCUT2D eigenvalue weighted by molar-refractivity contribution is -0.173. The molecule has 0 unspecified atom stereocenters. The largest absolute Gasteiger partial charge is 0.461 e. The van der Waals surface area contributed by atoms with Gasteiger partial charge in [0.05, 0.1) is 17.7 Å². The lowest BCUT2D eigenvalue weighted by Crippen LogP contribution is -2.29. The van der Waals surface area contributed by atoms with Crippen LogP contribution in [0.2, 0.25) is 0 Å². The minimum atomic E-state index is -3.78. The number of hydrogen-bond acceptors (Lipinski definition) is 3. The number of fused-ring (bicyclic) bond motifs is 1. The number of rotatable bonds is 4. The first-order chi connectivity index (χ1) is 11.9. The molecule has 0 atom stereocenters. The summed E-state index contributed by atoms with van der Waals surface area (Å²) in [7, 11) is 0. The lowest BCUT2D eigenvalue weighted by atomic mass is 9.93. The Bertz CT molecular complexity index is 921. The molecule has 25 heavy (non-hydrogen) atoms. The molecule has 3 aromatic rings. The number of aromatic nitrogens is 1. The van der Waals surface area contributed by atoms with E-state index in [0.29, 0.717) is 22.0 Å². The summed E-state index contributed by atoms with van der Waals surface area (Å²) >= 11 is 0. The highest BCUT2D eigenvalue weighted by molar-refractivity contribution is 5.98. The summed E-state index contributed by atoms with van der Waals surface area (Å²) in [5.74, 6) is -5.35. The van der Waals surface area contributed by atoms with Gasteiger partial charge in [-0.05, 0) is 25.5 Å². The monoisotopic (exact) mass is 341 g/mol. The first-order valence-corrected chi connectivity index (χ1v) is 7.95. The minimum absolute atomic E-state index is 0.116. The predicted molar refractivity (Wildman–Crippen MR) is 92.4 cm³/mol. The van der Waals surface area contributed by atoms with Crippen LogP contribution in [-0.4, -0.2) is 17.6 Å². The Labute approximate surface area is 144 Å². The van der Waals surface area contributed by atoms with Crippen molar-refractivity contribution in [3.63, 3.8) is 0 Å². The SMILES string of the molecule is CCOC(=O)C(F)(F)c1cnc2ccccc2c1-c1ccc(C)cc1. The zero-order valence-electron chi connectivity index (χ0n) is 13.9. The smallest absolute Gasteiger partial charge is 0.382 e. The molecule has 3 rings (SSSR count). The summed E-state index contributed by atoms with van der Waals surface area (Å²) in [5.41, 5.74) is 2.04. The molecule has 2 aromatic carbocycles. The molecule has 0 aliphatic rings. The molecule has 0 bridgehead atoms. The van der Waals surface area contributed by atoms with Gasteiger partial charge in [0.15, 0.2) is 0 Å². The molecule has 1 heterocycles. The van der Waals surface area contributed by atoms with Crippen LogP contribution in [0.4, 0.5) is 8.78 Å². The highest BCUT2D eigenvalue weighted by Crippen LogP contribution is 2.40. The van der Waals surface area contributed by atoms with Gasteiger partial charge in [-0.3, -0.25) is 4.98 Å². The lowest BCUT2D eigenvalue weighted by Gasteiger charge is -2.20. The highest BCUT2D eigenvalue weighted by atomic mass is 19.3. The Hall–Kier alpha value is -2.82. The molecular weight excluding hydrogens is 324 g/mol. The van der Waals surface area contributed by atoms with Crippen LogP contribution < -0.4 is 0 Å². The maximum Gasteiger partial charge on any atom is 0.382 e. The van der Waals surface area contributed by atoms with E-state index in [1.807, 2.05) is 19.1 Å². The Morgan fingerprint density at radius 2 is 1.80 bits per heavy atom. The van der Waals surface area contributed by atoms with Gasteiger partial charge in [0.25, 0.3) is 0 Å². The van der Waals surface area contributed by atoms with Crippen LogP contribution in [-0.2, 0) is 15.5 Å². The highest BCUT2D eigenvalue weighted by Gasteiger charge is 2.45. The standard InChI is InChI=1S/C20H17F2NO2/c1-3-25-19(24)20(21,22)16-12-23-17-7-5-4-6-15(17)18(16)14-10-8-13(2)9-11-14/h4-12H,3H2,1-2H3. The number of nitrogens with zero attached hydrogens (tertiary/aromatic N) is 1. The summed E-state index contributed by atoms with van der Waals surface area (Å²) in [6.07, 6.45) is 1.06. The summed E-state index contributed by atoms with van der Waals surface area (Å²) in [6.45, 7) is 3.30. The van der Waals surface area contributed by atoms with Crippen LogP contribution in [0.3, 0.4) is 0 Å². The molecule has 0 aliphatic heterocycles. The van der Waals surface area contributed by atoms with Crippen LogP contribution in [0, 0.1) is 6.92 Å². The molecule has 0 fully saturated rings. The van der Waals surface area contributed by atoms with Crippen LogP contribution in [0.25, 0.3) is 22.0 Å². The quantitative estimate of drug-likeness (QED) is 0.636. The average Bonchev–Trinajstić information content (AvgIpc) is 2.61. The Balaban J connectivity index is 2.30. The van der Waals surface area contributed by atoms with Gasteiger partial charge in [-0.1, -0.05) is 48.0 Å². The third-order valence-electron chi connectivity index (χ3n) is 3.99. The van der Waals surface area contributed by atoms with Gasteiger partial charge in [-0.2, -0.15) is 8.78 Å². The van der Waals surface area contributed by atoms with E-state index in [1.165, 1.54) is 6.92 Å². The average molecular weight is 341 g/mol. The Morgan fingerprint density at radius 1 is 1.12 bits per heavy atom. The number of halogens is 2. The second-order valence-corrected chi connectivity index (χ2v) is 5.72. The van der Waals surface area contributed by atoms with Gasteiger partial charge >= 0.3 is 11.9 Å². The molecule has 0 aliphatic carbocycles. The van der Waals surface area contributed by atoms with E-state index in [4.69, 9.17) is 0 Å². The first kappa shape index (κ1) is 17.0. The molecule has 1 aromatic heterocycles. The van der Waals surface area contributed by atoms with Crippen molar-refractivity contribution in [3.05, 3.63) is 65.9 Å². The van der Waals surface area contributed by atoms with Gasteiger partial charge in [-0.15, -0.1) is 0 Å². The third-order valence-corrected chi connectivity index (χ3v) is 3.99. The van der Waals surface area contributed by atoms with E-state index in [2.05, 4.69) is 9.72 Å². The molecule has 5 heteroatoms. The molecular formula is C20H17F2NO2. The van der Waals surface area contributed by atoms with Gasteiger partial charge in [0.1, 0.15) is 0 Å². The van der Waals surface area contributed by atoms with Crippen LogP contribution in [0.1, 0.15) is 18.1 Å². The van der Waals surface area contributed by atoms with Crippen molar-refractivity contribution in [2.45, 2.75) is 19.8 Å². The number of alkyl halides is 2. The summed E-state index contributed by atoms with van der Waals surface area (Å²) < 4.78 is 34.1. The number of benzene rings is 2. The molecule has 0 radical (unpaired) electrons. The van der Waals surface area contributed by atoms with Crippen molar-refractivity contribution in [1.29, 1.82) is 0 Å². The fourth-order valence-electron chi connectivity index (χ4n) is 2.74. The number of esters is 1. The zero-order chi connectivity index (χ0) is 18.0. The van der Waals surface area contributed by atoms with E-state index >= 15 is 0 Å². The van der Waals surface area contributed by atoms with Crippen molar-refractivity contribution in [2.24, 2.45) is 0 Å². The fourth-order valence-corrected chi connectivity index (χ4v) is 2.74. The molecule has 0 amide bonds. The van der Waals surface area contributed by atoms with E-state index in [1.54, 1.807) is 36.4 Å². The third kappa shape index (κ3) is 3.09. The van der Waals surface area contributed by atoms with Gasteiger partial charge in [0.2, 0.25) is 0 Å². The second kappa shape index (κ2) is 6.59. The van der Waals surface area contributed by atoms with E-state index in [-0.39, 0.29) is 6.61 Å². The second-order valence-electron chi connectivity index (χ2n) is 5.72. The topological polar surface area (TPSA) is 39.2 Å². The number of carbonyl (C=O) groups is 1. The Kier molecular flexibility index (Phi) is 4.49. The van der Waals surface area contributed by atoms with Crippen molar-refractivity contribution in [2.75, 3.05) is 6.61 Å². The molecule has 3 nitrogen and oxygen atoms in total. The van der Waals surface area contributed by atoms with E-state index < -0.39 is 17.5 Å². The van der Waals surface area contributed by atoms with Crippen molar-refractivity contribution in [3.8, 4) is 11.1 Å². The summed E-state index contributed by atoms with van der Waals surface area (Å²) in [5, 5.41) is 0.563. The predicted octanol–water partition coefficient (Wildman–Crippen LogP) is 4.87. The number of para-hydroxylation sites is 1. The maximum atomic E-state index is 14.8. The number of ether oxygens (including phenoxy) is 1. The molecule has 0 N–H and O–H groups in total. The van der Waals surface area contributed by atoms with Gasteiger partial charge in [0, 0.05) is 17.1 Å². The zero-order valence-corrected chi connectivity index (χ0v) is 13.9. The normalized spacial score (nSPS) is 11.5. The van der Waals surface area contributed by atoms with Gasteiger partial charge in [-0.25, -0.2) is 4.79 Å². The van der Waals surface area contributed by atoms with Crippen LogP contribution in [0.15, 0.2) is 54.7 Å². The van der Waals surface area contributed by atoms with E-state index in [0.717, 1.165) is 11.8 Å². The molecule has 0 saturated heterocycles. The van der Waals surface area contributed by atoms with Crippen LogP contribution >= 0.6 is 0 Å². The van der Waals surface area contributed by atoms with Crippen molar-refractivity contribution in [1.82, 2.24) is 4.98 Å². The number of aryl methyl sites for hydroxylation is 1. The minimum Gasteiger partial charge on any atom is -0.461 e. The number of pyridine rings is 1. The number of hydrogen-bond donors (Lipinski definition) is 0. The maximum absolute atomic E-state index is 14.8. The van der Waals surface area contributed by atoms with Crippen molar-refractivity contribution >= 4 is 16.9 Å². The Morgan fingerprint density at radius 3 is 2.48 bits per heavy atom. The summed E-state index contributed by atoms with van der Waals surface area (Å²) in [6, 6.07) is 14.2. The molecule has 128 valence electrons. The van der Waals surface area contributed by atoms with E-state index in [9.17, 15) is 13.6 Å². The fraction of sp³-hybridized carbons (Fsp3) is 0.200. The van der Waals surface area contributed by atoms with Crippen LogP contribution in [0.5, 0.6) is 0 Å². The summed E-state index contributed by atoms with van der Waals surface area (Å²) in [4.78, 5) is 15.9.